The first-order valence-electron chi connectivity index (χ1n) is 10.8. The van der Waals surface area contributed by atoms with Crippen molar-refractivity contribution >= 4 is 23.0 Å². The number of aromatic nitrogens is 2. The minimum atomic E-state index is -0.809. The van der Waals surface area contributed by atoms with Gasteiger partial charge in [0.15, 0.2) is 0 Å². The number of benzene rings is 3. The van der Waals surface area contributed by atoms with Gasteiger partial charge in [-0.15, -0.1) is 0 Å². The zero-order valence-electron chi connectivity index (χ0n) is 18.2. The Labute approximate surface area is 191 Å². The van der Waals surface area contributed by atoms with E-state index in [1.165, 1.54) is 0 Å². The predicted molar refractivity (Wildman–Crippen MR) is 124 cm³/mol. The van der Waals surface area contributed by atoms with Crippen molar-refractivity contribution in [3.05, 3.63) is 101 Å². The molecule has 1 aliphatic rings. The van der Waals surface area contributed by atoms with E-state index < -0.39 is 17.5 Å². The number of hydrogen-bond donors (Lipinski definition) is 2. The number of fused-ring (bicyclic) bond motifs is 2. The van der Waals surface area contributed by atoms with Crippen LogP contribution < -0.4 is 5.73 Å². The monoisotopic (exact) mass is 440 g/mol. The fourth-order valence-electron chi connectivity index (χ4n) is 4.46. The normalized spacial score (nSPS) is 17.5. The number of nitrogens with two attached hydrogens (primary N) is 1. The van der Waals surface area contributed by atoms with Gasteiger partial charge in [0, 0.05) is 6.42 Å². The van der Waals surface area contributed by atoms with E-state index in [0.29, 0.717) is 35.4 Å². The van der Waals surface area contributed by atoms with Crippen molar-refractivity contribution in [2.24, 2.45) is 5.73 Å². The van der Waals surface area contributed by atoms with Crippen LogP contribution in [0.25, 0.3) is 11.0 Å². The van der Waals surface area contributed by atoms with Crippen molar-refractivity contribution in [2.45, 2.75) is 32.0 Å². The molecule has 0 bridgehead atoms. The predicted octanol–water partition coefficient (Wildman–Crippen LogP) is 4.27. The second-order valence-corrected chi connectivity index (χ2v) is 8.50. The van der Waals surface area contributed by atoms with Crippen LogP contribution in [0.4, 0.5) is 4.79 Å². The fraction of sp³-hybridized carbons (Fsp3) is 0.192. The Bertz CT molecular complexity index is 1350. The Morgan fingerprint density at radius 3 is 2.52 bits per heavy atom. The first-order valence-corrected chi connectivity index (χ1v) is 10.8. The van der Waals surface area contributed by atoms with E-state index in [1.807, 2.05) is 61.5 Å². The number of amides is 2. The molecule has 0 fully saturated rings. The number of carbonyl (C=O) groups is 2. The third kappa shape index (κ3) is 3.71. The SMILES string of the molecule is CC1(c2nc3c(C(N)=O)cccc3[nH]2)Cc2ccccc2CN1C(=O)OCc1ccccc1. The van der Waals surface area contributed by atoms with E-state index in [4.69, 9.17) is 15.5 Å². The molecular weight excluding hydrogens is 416 g/mol. The largest absolute Gasteiger partial charge is 0.445 e. The maximum absolute atomic E-state index is 13.3. The quantitative estimate of drug-likeness (QED) is 0.495. The minimum Gasteiger partial charge on any atom is -0.445 e. The summed E-state index contributed by atoms with van der Waals surface area (Å²) in [6, 6.07) is 22.9. The van der Waals surface area contributed by atoms with Crippen molar-refractivity contribution in [1.82, 2.24) is 14.9 Å². The molecule has 0 spiro atoms. The second kappa shape index (κ2) is 8.09. The Hall–Kier alpha value is -4.13. The van der Waals surface area contributed by atoms with Gasteiger partial charge in [0.1, 0.15) is 23.5 Å². The summed E-state index contributed by atoms with van der Waals surface area (Å²) in [6.45, 7) is 2.54. The number of H-pyrrole nitrogens is 1. The first-order chi connectivity index (χ1) is 16.0. The summed E-state index contributed by atoms with van der Waals surface area (Å²) >= 11 is 0. The Morgan fingerprint density at radius 2 is 1.76 bits per heavy atom. The van der Waals surface area contributed by atoms with Gasteiger partial charge in [-0.3, -0.25) is 9.69 Å². The van der Waals surface area contributed by atoms with Crippen molar-refractivity contribution in [1.29, 1.82) is 0 Å². The van der Waals surface area contributed by atoms with E-state index in [2.05, 4.69) is 11.1 Å². The van der Waals surface area contributed by atoms with Gasteiger partial charge >= 0.3 is 6.09 Å². The molecule has 1 aliphatic heterocycles. The molecule has 5 rings (SSSR count). The smallest absolute Gasteiger partial charge is 0.411 e. The minimum absolute atomic E-state index is 0.180. The van der Waals surface area contributed by atoms with Gasteiger partial charge in [-0.25, -0.2) is 9.78 Å². The highest BCUT2D eigenvalue weighted by atomic mass is 16.6. The molecule has 33 heavy (non-hydrogen) atoms. The average molecular weight is 441 g/mol. The standard InChI is InChI=1S/C26H24N4O3/c1-26(24-28-21-13-7-12-20(23(27)31)22(21)29-24)14-18-10-5-6-11-19(18)15-30(26)25(32)33-16-17-8-3-2-4-9-17/h2-13H,14-16H2,1H3,(H2,27,31)(H,28,29). The molecule has 4 aromatic rings. The highest BCUT2D eigenvalue weighted by Crippen LogP contribution is 2.39. The first kappa shape index (κ1) is 20.8. The van der Waals surface area contributed by atoms with Crippen molar-refractivity contribution < 1.29 is 14.3 Å². The summed E-state index contributed by atoms with van der Waals surface area (Å²) < 4.78 is 5.71. The molecule has 3 N–H and O–H groups in total. The molecule has 1 unspecified atom stereocenters. The van der Waals surface area contributed by atoms with E-state index in [1.54, 1.807) is 17.0 Å². The van der Waals surface area contributed by atoms with Gasteiger partial charge in [0.05, 0.1) is 17.6 Å². The van der Waals surface area contributed by atoms with E-state index in [0.717, 1.165) is 16.7 Å². The Kier molecular flexibility index (Phi) is 5.09. The van der Waals surface area contributed by atoms with Crippen LogP contribution >= 0.6 is 0 Å². The third-order valence-corrected chi connectivity index (χ3v) is 6.29. The number of para-hydroxylation sites is 1. The number of nitrogens with zero attached hydrogens (tertiary/aromatic N) is 2. The number of rotatable bonds is 4. The molecule has 0 saturated heterocycles. The van der Waals surface area contributed by atoms with Crippen LogP contribution in [0.1, 0.15) is 39.8 Å². The van der Waals surface area contributed by atoms with Crippen LogP contribution in [0.2, 0.25) is 0 Å². The molecule has 0 radical (unpaired) electrons. The van der Waals surface area contributed by atoms with Gasteiger partial charge in [0.25, 0.3) is 5.91 Å². The highest BCUT2D eigenvalue weighted by molar-refractivity contribution is 6.04. The van der Waals surface area contributed by atoms with Gasteiger partial charge in [-0.05, 0) is 35.7 Å². The lowest BCUT2D eigenvalue weighted by Crippen LogP contribution is -2.52. The molecule has 166 valence electrons. The lowest BCUT2D eigenvalue weighted by atomic mass is 9.83. The van der Waals surface area contributed by atoms with Crippen LogP contribution in [-0.2, 0) is 29.8 Å². The maximum atomic E-state index is 13.3. The molecule has 1 atom stereocenters. The lowest BCUT2D eigenvalue weighted by Gasteiger charge is -2.43. The lowest BCUT2D eigenvalue weighted by molar-refractivity contribution is 0.0355. The Balaban J connectivity index is 1.55. The summed E-state index contributed by atoms with van der Waals surface area (Å²) in [5, 5.41) is 0. The summed E-state index contributed by atoms with van der Waals surface area (Å²) in [7, 11) is 0. The van der Waals surface area contributed by atoms with Crippen LogP contribution in [0.15, 0.2) is 72.8 Å². The number of primary amides is 1. The second-order valence-electron chi connectivity index (χ2n) is 8.50. The van der Waals surface area contributed by atoms with Crippen molar-refractivity contribution in [3.8, 4) is 0 Å². The topological polar surface area (TPSA) is 101 Å². The molecule has 1 aromatic heterocycles. The highest BCUT2D eigenvalue weighted by Gasteiger charge is 2.44. The van der Waals surface area contributed by atoms with Crippen LogP contribution in [-0.4, -0.2) is 26.9 Å². The molecule has 0 saturated carbocycles. The molecule has 7 heteroatoms. The van der Waals surface area contributed by atoms with E-state index >= 15 is 0 Å². The van der Waals surface area contributed by atoms with Crippen molar-refractivity contribution in [2.75, 3.05) is 0 Å². The summed E-state index contributed by atoms with van der Waals surface area (Å²) in [4.78, 5) is 35.0. The molecule has 3 aromatic carbocycles. The third-order valence-electron chi connectivity index (χ3n) is 6.29. The fourth-order valence-corrected chi connectivity index (χ4v) is 4.46. The number of carbonyl (C=O) groups excluding carboxylic acids is 2. The van der Waals surface area contributed by atoms with E-state index in [9.17, 15) is 9.59 Å². The maximum Gasteiger partial charge on any atom is 0.411 e. The number of imidazole rings is 1. The molecule has 2 amide bonds. The van der Waals surface area contributed by atoms with E-state index in [-0.39, 0.29) is 6.61 Å². The number of ether oxygens (including phenoxy) is 1. The zero-order valence-corrected chi connectivity index (χ0v) is 18.2. The summed E-state index contributed by atoms with van der Waals surface area (Å²) in [5.41, 5.74) is 9.41. The average Bonchev–Trinajstić information content (AvgIpc) is 3.28. The van der Waals surface area contributed by atoms with Gasteiger partial charge in [0.2, 0.25) is 0 Å². The van der Waals surface area contributed by atoms with Crippen LogP contribution in [0.3, 0.4) is 0 Å². The van der Waals surface area contributed by atoms with Gasteiger partial charge in [-0.1, -0.05) is 60.7 Å². The zero-order chi connectivity index (χ0) is 23.0. The van der Waals surface area contributed by atoms with Crippen LogP contribution in [0.5, 0.6) is 0 Å². The Morgan fingerprint density at radius 1 is 1.03 bits per heavy atom. The molecular formula is C26H24N4O3. The summed E-state index contributed by atoms with van der Waals surface area (Å²) in [6.07, 6.45) is 0.126. The molecule has 7 nitrogen and oxygen atoms in total. The van der Waals surface area contributed by atoms with Gasteiger partial charge in [-0.2, -0.15) is 0 Å². The number of aromatic amines is 1. The molecule has 0 aliphatic carbocycles. The van der Waals surface area contributed by atoms with Crippen molar-refractivity contribution in [3.63, 3.8) is 0 Å². The van der Waals surface area contributed by atoms with Crippen LogP contribution in [0, 0.1) is 0 Å². The van der Waals surface area contributed by atoms with Gasteiger partial charge < -0.3 is 15.5 Å². The summed E-state index contributed by atoms with van der Waals surface area (Å²) in [5.74, 6) is 0.0364. The number of hydrogen-bond acceptors (Lipinski definition) is 4. The number of nitrogens with one attached hydrogen (secondary N) is 1. The molecule has 2 heterocycles.